The lowest BCUT2D eigenvalue weighted by molar-refractivity contribution is 0.0895. The van der Waals surface area contributed by atoms with Gasteiger partial charge in [-0.25, -0.2) is 0 Å². The highest BCUT2D eigenvalue weighted by Gasteiger charge is 2.30. The second-order valence-corrected chi connectivity index (χ2v) is 6.53. The summed E-state index contributed by atoms with van der Waals surface area (Å²) in [7, 11) is 0. The van der Waals surface area contributed by atoms with E-state index in [4.69, 9.17) is 0 Å². The molecule has 0 radical (unpaired) electrons. The van der Waals surface area contributed by atoms with Gasteiger partial charge >= 0.3 is 0 Å². The van der Waals surface area contributed by atoms with Crippen molar-refractivity contribution in [3.8, 4) is 0 Å². The first-order valence-corrected chi connectivity index (χ1v) is 7.54. The topological polar surface area (TPSA) is 18.8 Å². The summed E-state index contributed by atoms with van der Waals surface area (Å²) in [6, 6.07) is 0. The predicted octanol–water partition coefficient (Wildman–Crippen LogP) is 3.91. The highest BCUT2D eigenvalue weighted by Crippen LogP contribution is 2.27. The van der Waals surface area contributed by atoms with Gasteiger partial charge in [-0.3, -0.25) is 5.01 Å². The van der Waals surface area contributed by atoms with Crippen molar-refractivity contribution in [1.82, 2.24) is 9.91 Å². The summed E-state index contributed by atoms with van der Waals surface area (Å²) in [4.78, 5) is 2.37. The Bertz CT molecular complexity index is 255. The molecule has 1 rings (SSSR count). The van der Waals surface area contributed by atoms with Gasteiger partial charge in [0, 0.05) is 13.1 Å². The lowest BCUT2D eigenvalue weighted by atomic mass is 9.90. The monoisotopic (exact) mass is 253 g/mol. The maximum atomic E-state index is 4.59. The maximum absolute atomic E-state index is 4.59. The molecule has 106 valence electrons. The predicted molar refractivity (Wildman–Crippen MR) is 79.6 cm³/mol. The van der Waals surface area contributed by atoms with Crippen molar-refractivity contribution in [3.63, 3.8) is 0 Å². The van der Waals surface area contributed by atoms with Crippen LogP contribution in [0.5, 0.6) is 0 Å². The molecule has 0 saturated heterocycles. The fourth-order valence-electron chi connectivity index (χ4n) is 2.43. The van der Waals surface area contributed by atoms with Crippen molar-refractivity contribution < 1.29 is 0 Å². The Hall–Kier alpha value is -0.730. The third-order valence-electron chi connectivity index (χ3n) is 3.48. The number of hydrazone groups is 1. The summed E-state index contributed by atoms with van der Waals surface area (Å²) in [5, 5.41) is 6.88. The first-order chi connectivity index (χ1) is 8.48. The SMILES string of the molecule is CCCCCCN1N=CN(CC)C1CC(C)(C)C. The van der Waals surface area contributed by atoms with Crippen LogP contribution in [0.3, 0.4) is 0 Å². The number of rotatable bonds is 7. The zero-order chi connectivity index (χ0) is 13.6. The average molecular weight is 253 g/mol. The van der Waals surface area contributed by atoms with Gasteiger partial charge in [0.1, 0.15) is 12.5 Å². The minimum absolute atomic E-state index is 0.355. The molecule has 18 heavy (non-hydrogen) atoms. The quantitative estimate of drug-likeness (QED) is 0.641. The summed E-state index contributed by atoms with van der Waals surface area (Å²) in [5.41, 5.74) is 0.355. The van der Waals surface area contributed by atoms with Gasteiger partial charge in [-0.15, -0.1) is 0 Å². The van der Waals surface area contributed by atoms with Crippen LogP contribution >= 0.6 is 0 Å². The van der Waals surface area contributed by atoms with Gasteiger partial charge in [0.25, 0.3) is 0 Å². The zero-order valence-electron chi connectivity index (χ0n) is 12.9. The van der Waals surface area contributed by atoms with E-state index in [2.05, 4.69) is 49.6 Å². The van der Waals surface area contributed by atoms with E-state index in [9.17, 15) is 0 Å². The molecule has 1 atom stereocenters. The molecule has 0 aromatic carbocycles. The van der Waals surface area contributed by atoms with Crippen LogP contribution in [0.2, 0.25) is 0 Å². The standard InChI is InChI=1S/C15H31N3/c1-6-8-9-10-11-18-14(12-15(3,4)5)17(7-2)13-16-18/h13-14H,6-12H2,1-5H3. The Labute approximate surface area is 113 Å². The first-order valence-electron chi connectivity index (χ1n) is 7.54. The molecular weight excluding hydrogens is 222 g/mol. The van der Waals surface area contributed by atoms with Crippen LogP contribution in [0.25, 0.3) is 0 Å². The maximum Gasteiger partial charge on any atom is 0.119 e. The molecule has 0 amide bonds. The number of hydrogen-bond donors (Lipinski definition) is 0. The van der Waals surface area contributed by atoms with Crippen molar-refractivity contribution in [3.05, 3.63) is 0 Å². The summed E-state index contributed by atoms with van der Waals surface area (Å²) in [6.07, 6.45) is 8.91. The normalized spacial score (nSPS) is 19.9. The van der Waals surface area contributed by atoms with Crippen LogP contribution in [0.4, 0.5) is 0 Å². The third-order valence-corrected chi connectivity index (χ3v) is 3.48. The van der Waals surface area contributed by atoms with Crippen LogP contribution in [0.15, 0.2) is 5.10 Å². The smallest absolute Gasteiger partial charge is 0.119 e. The molecule has 3 nitrogen and oxygen atoms in total. The highest BCUT2D eigenvalue weighted by atomic mass is 15.6. The molecule has 0 bridgehead atoms. The molecular formula is C15H31N3. The second-order valence-electron chi connectivity index (χ2n) is 6.53. The molecule has 0 N–H and O–H groups in total. The van der Waals surface area contributed by atoms with Gasteiger partial charge in [-0.2, -0.15) is 5.10 Å². The van der Waals surface area contributed by atoms with Crippen molar-refractivity contribution in [2.45, 2.75) is 72.9 Å². The van der Waals surface area contributed by atoms with E-state index >= 15 is 0 Å². The first kappa shape index (κ1) is 15.3. The Morgan fingerprint density at radius 3 is 2.39 bits per heavy atom. The molecule has 0 aliphatic carbocycles. The van der Waals surface area contributed by atoms with Crippen LogP contribution in [-0.2, 0) is 0 Å². The molecule has 1 heterocycles. The van der Waals surface area contributed by atoms with Crippen molar-refractivity contribution in [1.29, 1.82) is 0 Å². The third kappa shape index (κ3) is 4.87. The largest absolute Gasteiger partial charge is 0.340 e. The van der Waals surface area contributed by atoms with Crippen LogP contribution < -0.4 is 0 Å². The van der Waals surface area contributed by atoms with Gasteiger partial charge in [-0.1, -0.05) is 47.0 Å². The highest BCUT2D eigenvalue weighted by molar-refractivity contribution is 5.57. The zero-order valence-corrected chi connectivity index (χ0v) is 12.9. The Balaban J connectivity index is 2.46. The Kier molecular flexibility index (Phi) is 5.97. The van der Waals surface area contributed by atoms with E-state index in [0.29, 0.717) is 11.6 Å². The molecule has 1 aliphatic rings. The van der Waals surface area contributed by atoms with E-state index in [1.165, 1.54) is 32.1 Å². The average Bonchev–Trinajstić information content (AvgIpc) is 2.65. The van der Waals surface area contributed by atoms with Crippen LogP contribution in [-0.4, -0.2) is 35.5 Å². The minimum Gasteiger partial charge on any atom is -0.340 e. The van der Waals surface area contributed by atoms with E-state index in [-0.39, 0.29) is 0 Å². The second kappa shape index (κ2) is 7.01. The van der Waals surface area contributed by atoms with Gasteiger partial charge in [0.05, 0.1) is 0 Å². The van der Waals surface area contributed by atoms with Crippen molar-refractivity contribution >= 4 is 6.34 Å². The summed E-state index contributed by atoms with van der Waals surface area (Å²) < 4.78 is 0. The lowest BCUT2D eigenvalue weighted by Gasteiger charge is -2.34. The molecule has 0 fully saturated rings. The number of nitrogens with zero attached hydrogens (tertiary/aromatic N) is 3. The van der Waals surface area contributed by atoms with Crippen molar-refractivity contribution in [2.24, 2.45) is 10.5 Å². The van der Waals surface area contributed by atoms with Crippen LogP contribution in [0.1, 0.15) is 66.7 Å². The van der Waals surface area contributed by atoms with Gasteiger partial charge in [0.15, 0.2) is 0 Å². The van der Waals surface area contributed by atoms with Crippen molar-refractivity contribution in [2.75, 3.05) is 13.1 Å². The number of hydrogen-bond acceptors (Lipinski definition) is 3. The lowest BCUT2D eigenvalue weighted by Crippen LogP contribution is -2.42. The Morgan fingerprint density at radius 1 is 1.11 bits per heavy atom. The van der Waals surface area contributed by atoms with E-state index in [1.807, 2.05) is 6.34 Å². The van der Waals surface area contributed by atoms with E-state index < -0.39 is 0 Å². The summed E-state index contributed by atoms with van der Waals surface area (Å²) >= 11 is 0. The fraction of sp³-hybridized carbons (Fsp3) is 0.933. The molecule has 0 aromatic heterocycles. The fourth-order valence-corrected chi connectivity index (χ4v) is 2.43. The summed E-state index contributed by atoms with van der Waals surface area (Å²) in [5.74, 6) is 0. The molecule has 1 unspecified atom stereocenters. The molecule has 0 aromatic rings. The van der Waals surface area contributed by atoms with Gasteiger partial charge in [-0.05, 0) is 25.2 Å². The molecule has 0 spiro atoms. The van der Waals surface area contributed by atoms with Gasteiger partial charge in [0.2, 0.25) is 0 Å². The Morgan fingerprint density at radius 2 is 1.83 bits per heavy atom. The van der Waals surface area contributed by atoms with Gasteiger partial charge < -0.3 is 4.90 Å². The minimum atomic E-state index is 0.355. The van der Waals surface area contributed by atoms with E-state index in [1.54, 1.807) is 0 Å². The molecule has 0 saturated carbocycles. The molecule has 3 heteroatoms. The number of unbranched alkanes of at least 4 members (excludes halogenated alkanes) is 3. The van der Waals surface area contributed by atoms with Crippen LogP contribution in [0, 0.1) is 5.41 Å². The molecule has 1 aliphatic heterocycles. The summed E-state index contributed by atoms with van der Waals surface area (Å²) in [6.45, 7) is 13.6. The van der Waals surface area contributed by atoms with E-state index in [0.717, 1.165) is 13.1 Å².